The number of benzene rings is 2. The van der Waals surface area contributed by atoms with Crippen LogP contribution in [0.2, 0.25) is 0 Å². The van der Waals surface area contributed by atoms with Gasteiger partial charge in [-0.2, -0.15) is 0 Å². The van der Waals surface area contributed by atoms with Crippen LogP contribution in [0.15, 0.2) is 73.3 Å². The van der Waals surface area contributed by atoms with Crippen LogP contribution in [0.25, 0.3) is 11.3 Å². The van der Waals surface area contributed by atoms with Crippen molar-refractivity contribution < 1.29 is 4.79 Å². The molecule has 28 heavy (non-hydrogen) atoms. The molecular weight excluding hydrogens is 368 g/mol. The Labute approximate surface area is 167 Å². The molecule has 0 spiro atoms. The van der Waals surface area contributed by atoms with Gasteiger partial charge >= 0.3 is 0 Å². The van der Waals surface area contributed by atoms with Crippen LogP contribution in [-0.2, 0) is 13.1 Å². The Morgan fingerprint density at radius 3 is 2.57 bits per heavy atom. The van der Waals surface area contributed by atoms with Gasteiger partial charge in [0.2, 0.25) is 0 Å². The van der Waals surface area contributed by atoms with E-state index in [1.165, 1.54) is 11.3 Å². The van der Waals surface area contributed by atoms with Crippen molar-refractivity contribution in [1.29, 1.82) is 0 Å². The lowest BCUT2D eigenvalue weighted by Crippen LogP contribution is -2.23. The third-order valence-corrected chi connectivity index (χ3v) is 5.43. The second-order valence-electron chi connectivity index (χ2n) is 6.46. The zero-order valence-electron chi connectivity index (χ0n) is 15.5. The van der Waals surface area contributed by atoms with Crippen LogP contribution in [0.5, 0.6) is 0 Å². The molecule has 0 radical (unpaired) electrons. The van der Waals surface area contributed by atoms with Gasteiger partial charge in [-0.05, 0) is 18.1 Å². The number of hydrogen-bond acceptors (Lipinski definition) is 4. The van der Waals surface area contributed by atoms with E-state index in [9.17, 15) is 4.79 Å². The van der Waals surface area contributed by atoms with Crippen LogP contribution in [0.4, 0.5) is 0 Å². The maximum Gasteiger partial charge on any atom is 0.263 e. The van der Waals surface area contributed by atoms with Gasteiger partial charge in [0.15, 0.2) is 0 Å². The largest absolute Gasteiger partial charge is 0.347 e. The van der Waals surface area contributed by atoms with Crippen LogP contribution in [-0.4, -0.2) is 20.4 Å². The predicted molar refractivity (Wildman–Crippen MR) is 111 cm³/mol. The molecule has 0 aliphatic carbocycles. The number of carbonyl (C=O) groups excluding carboxylic acids is 1. The maximum absolute atomic E-state index is 12.9. The van der Waals surface area contributed by atoms with E-state index < -0.39 is 0 Å². The Bertz CT molecular complexity index is 1070. The van der Waals surface area contributed by atoms with Crippen molar-refractivity contribution in [2.75, 3.05) is 0 Å². The molecule has 0 aliphatic heterocycles. The Morgan fingerprint density at radius 2 is 1.82 bits per heavy atom. The lowest BCUT2D eigenvalue weighted by molar-refractivity contribution is 0.0955. The fraction of sp³-hybridized carbons (Fsp3) is 0.136. The van der Waals surface area contributed by atoms with Crippen LogP contribution >= 0.6 is 11.3 Å². The maximum atomic E-state index is 12.9. The number of aryl methyl sites for hydroxylation is 1. The summed E-state index contributed by atoms with van der Waals surface area (Å²) in [5, 5.41) is 3.94. The third-order valence-electron chi connectivity index (χ3n) is 4.46. The van der Waals surface area contributed by atoms with E-state index in [1.54, 1.807) is 12.5 Å². The topological polar surface area (TPSA) is 59.8 Å². The first-order valence-electron chi connectivity index (χ1n) is 9.04. The van der Waals surface area contributed by atoms with Crippen LogP contribution in [0.1, 0.15) is 25.8 Å². The number of amides is 1. The molecule has 0 saturated heterocycles. The summed E-state index contributed by atoms with van der Waals surface area (Å²) in [6, 6.07) is 18.0. The fourth-order valence-electron chi connectivity index (χ4n) is 3.09. The number of aromatic nitrogens is 3. The molecule has 140 valence electrons. The average molecular weight is 388 g/mol. The van der Waals surface area contributed by atoms with E-state index in [1.807, 2.05) is 66.2 Å². The van der Waals surface area contributed by atoms with Crippen molar-refractivity contribution in [2.45, 2.75) is 20.0 Å². The van der Waals surface area contributed by atoms with Gasteiger partial charge in [-0.25, -0.2) is 9.97 Å². The molecule has 5 nitrogen and oxygen atoms in total. The highest BCUT2D eigenvalue weighted by Crippen LogP contribution is 2.28. The minimum Gasteiger partial charge on any atom is -0.347 e. The summed E-state index contributed by atoms with van der Waals surface area (Å²) in [6.45, 7) is 3.12. The average Bonchev–Trinajstić information content (AvgIpc) is 3.37. The highest BCUT2D eigenvalue weighted by Gasteiger charge is 2.18. The summed E-state index contributed by atoms with van der Waals surface area (Å²) in [5.74, 6) is -0.0955. The Hall–Kier alpha value is -3.25. The van der Waals surface area contributed by atoms with Gasteiger partial charge in [0, 0.05) is 31.0 Å². The molecule has 4 rings (SSSR count). The van der Waals surface area contributed by atoms with Gasteiger partial charge < -0.3 is 9.88 Å². The standard InChI is InChI=1S/C22H20N4OS/c1-16-25-20(17-7-3-2-4-8-17)21(28-16)22(27)24-13-18-9-5-6-10-19(18)14-26-12-11-23-15-26/h2-12,15H,13-14H2,1H3,(H,24,27). The van der Waals surface area contributed by atoms with Gasteiger partial charge in [-0.3, -0.25) is 4.79 Å². The molecule has 4 aromatic rings. The van der Waals surface area contributed by atoms with E-state index in [4.69, 9.17) is 0 Å². The minimum atomic E-state index is -0.0955. The Balaban J connectivity index is 1.52. The van der Waals surface area contributed by atoms with Gasteiger partial charge in [0.25, 0.3) is 5.91 Å². The normalized spacial score (nSPS) is 10.8. The first-order valence-corrected chi connectivity index (χ1v) is 9.86. The first kappa shape index (κ1) is 18.1. The number of nitrogens with zero attached hydrogens (tertiary/aromatic N) is 3. The van der Waals surface area contributed by atoms with Crippen LogP contribution < -0.4 is 5.32 Å². The zero-order valence-corrected chi connectivity index (χ0v) is 16.3. The smallest absolute Gasteiger partial charge is 0.263 e. The predicted octanol–water partition coefficient (Wildman–Crippen LogP) is 4.29. The molecule has 1 amide bonds. The third kappa shape index (κ3) is 4.02. The molecule has 0 saturated carbocycles. The van der Waals surface area contributed by atoms with E-state index in [2.05, 4.69) is 21.4 Å². The van der Waals surface area contributed by atoms with Crippen molar-refractivity contribution in [2.24, 2.45) is 0 Å². The summed E-state index contributed by atoms with van der Waals surface area (Å²) in [5.41, 5.74) is 3.95. The molecule has 6 heteroatoms. The molecule has 0 unspecified atom stereocenters. The number of hydrogen-bond donors (Lipinski definition) is 1. The Morgan fingerprint density at radius 1 is 1.07 bits per heavy atom. The summed E-state index contributed by atoms with van der Waals surface area (Å²) in [4.78, 5) is 22.2. The lowest BCUT2D eigenvalue weighted by Gasteiger charge is -2.11. The molecule has 2 heterocycles. The van der Waals surface area contributed by atoms with E-state index in [-0.39, 0.29) is 5.91 Å². The lowest BCUT2D eigenvalue weighted by atomic mass is 10.1. The first-order chi connectivity index (χ1) is 13.7. The molecule has 0 bridgehead atoms. The number of thiazole rings is 1. The molecule has 1 N–H and O–H groups in total. The van der Waals surface area contributed by atoms with Crippen LogP contribution in [0, 0.1) is 6.92 Å². The molecular formula is C22H20N4OS. The summed E-state index contributed by atoms with van der Waals surface area (Å²) >= 11 is 1.42. The van der Waals surface area contributed by atoms with E-state index in [0.29, 0.717) is 11.4 Å². The molecule has 2 aromatic carbocycles. The van der Waals surface area contributed by atoms with Gasteiger partial charge in [0.05, 0.1) is 17.0 Å². The number of rotatable bonds is 6. The van der Waals surface area contributed by atoms with Crippen molar-refractivity contribution in [3.05, 3.63) is 94.3 Å². The zero-order chi connectivity index (χ0) is 19.3. The summed E-state index contributed by atoms with van der Waals surface area (Å²) in [7, 11) is 0. The molecule has 0 aliphatic rings. The van der Waals surface area contributed by atoms with Gasteiger partial charge in [-0.15, -0.1) is 11.3 Å². The number of nitrogens with one attached hydrogen (secondary N) is 1. The highest BCUT2D eigenvalue weighted by molar-refractivity contribution is 7.14. The van der Waals surface area contributed by atoms with Crippen molar-refractivity contribution in [3.8, 4) is 11.3 Å². The van der Waals surface area contributed by atoms with Crippen molar-refractivity contribution in [3.63, 3.8) is 0 Å². The molecule has 2 aromatic heterocycles. The van der Waals surface area contributed by atoms with Crippen LogP contribution in [0.3, 0.4) is 0 Å². The monoisotopic (exact) mass is 388 g/mol. The minimum absolute atomic E-state index is 0.0955. The van der Waals surface area contributed by atoms with Crippen molar-refractivity contribution >= 4 is 17.2 Å². The second kappa shape index (κ2) is 8.19. The fourth-order valence-corrected chi connectivity index (χ4v) is 3.95. The molecule has 0 fully saturated rings. The van der Waals surface area contributed by atoms with E-state index >= 15 is 0 Å². The summed E-state index contributed by atoms with van der Waals surface area (Å²) < 4.78 is 2.01. The quantitative estimate of drug-likeness (QED) is 0.536. The SMILES string of the molecule is Cc1nc(-c2ccccc2)c(C(=O)NCc2ccccc2Cn2ccnc2)s1. The van der Waals surface area contributed by atoms with Gasteiger partial charge in [-0.1, -0.05) is 54.6 Å². The van der Waals surface area contributed by atoms with Crippen molar-refractivity contribution in [1.82, 2.24) is 19.9 Å². The molecule has 0 atom stereocenters. The number of imidazole rings is 1. The summed E-state index contributed by atoms with van der Waals surface area (Å²) in [6.07, 6.45) is 5.49. The highest BCUT2D eigenvalue weighted by atomic mass is 32.1. The number of carbonyl (C=O) groups is 1. The van der Waals surface area contributed by atoms with E-state index in [0.717, 1.165) is 33.9 Å². The Kier molecular flexibility index (Phi) is 5.30. The second-order valence-corrected chi connectivity index (χ2v) is 7.67. The van der Waals surface area contributed by atoms with Gasteiger partial charge in [0.1, 0.15) is 4.88 Å².